The Kier molecular flexibility index (Phi) is 6.73. The molecular formula is C26H26N2O2S. The Balaban J connectivity index is 1.54. The Morgan fingerprint density at radius 3 is 2.48 bits per heavy atom. The van der Waals surface area contributed by atoms with Crippen LogP contribution in [0.3, 0.4) is 0 Å². The molecule has 0 unspecified atom stereocenters. The van der Waals surface area contributed by atoms with Crippen LogP contribution in [0.25, 0.3) is 0 Å². The molecule has 0 aliphatic carbocycles. The van der Waals surface area contributed by atoms with Crippen LogP contribution < -0.4 is 5.32 Å². The van der Waals surface area contributed by atoms with E-state index in [1.165, 1.54) is 0 Å². The van der Waals surface area contributed by atoms with Crippen LogP contribution in [0.15, 0.2) is 83.8 Å². The fourth-order valence-corrected chi connectivity index (χ4v) is 4.78. The molecule has 1 aliphatic heterocycles. The van der Waals surface area contributed by atoms with Gasteiger partial charge in [-0.15, -0.1) is 11.8 Å². The fourth-order valence-electron chi connectivity index (χ4n) is 4.02. The van der Waals surface area contributed by atoms with Gasteiger partial charge in [-0.2, -0.15) is 0 Å². The third kappa shape index (κ3) is 5.00. The summed E-state index contributed by atoms with van der Waals surface area (Å²) in [4.78, 5) is 29.1. The number of anilines is 1. The monoisotopic (exact) mass is 430 g/mol. The lowest BCUT2D eigenvalue weighted by molar-refractivity contribution is -0.117. The van der Waals surface area contributed by atoms with Crippen LogP contribution >= 0.6 is 11.8 Å². The van der Waals surface area contributed by atoms with Crippen molar-refractivity contribution in [3.8, 4) is 0 Å². The maximum Gasteiger partial charge on any atom is 0.254 e. The minimum atomic E-state index is -0.215. The molecule has 0 saturated carbocycles. The molecule has 0 bridgehead atoms. The highest BCUT2D eigenvalue weighted by Crippen LogP contribution is 2.29. The molecular weight excluding hydrogens is 404 g/mol. The summed E-state index contributed by atoms with van der Waals surface area (Å²) >= 11 is 1.70. The standard InChI is InChI=1S/C26H26N2O2S/c1-2-31-24-15-9-8-14-23(24)27-25(29)17-21(16-19-10-4-3-5-11-19)28-18-20-12-6-7-13-22(20)26(28)30/h3-15,21H,2,16-18H2,1H3,(H,27,29)/t21-/m1/s1. The van der Waals surface area contributed by atoms with Gasteiger partial charge in [-0.05, 0) is 41.5 Å². The number of carbonyl (C=O) groups is 2. The molecule has 0 spiro atoms. The number of benzene rings is 3. The maximum absolute atomic E-state index is 13.1. The second-order valence-electron chi connectivity index (χ2n) is 7.62. The van der Waals surface area contributed by atoms with Gasteiger partial charge in [0.25, 0.3) is 5.91 Å². The molecule has 5 heteroatoms. The molecule has 4 rings (SSSR count). The summed E-state index contributed by atoms with van der Waals surface area (Å²) < 4.78 is 0. The molecule has 1 aliphatic rings. The fraction of sp³-hybridized carbons (Fsp3) is 0.231. The lowest BCUT2D eigenvalue weighted by Crippen LogP contribution is -2.39. The molecule has 0 saturated heterocycles. The maximum atomic E-state index is 13.1. The highest BCUT2D eigenvalue weighted by atomic mass is 32.2. The van der Waals surface area contributed by atoms with E-state index in [2.05, 4.69) is 12.2 Å². The Morgan fingerprint density at radius 1 is 1.00 bits per heavy atom. The number of nitrogens with zero attached hydrogens (tertiary/aromatic N) is 1. The van der Waals surface area contributed by atoms with E-state index in [0.717, 1.165) is 33.0 Å². The first-order valence-electron chi connectivity index (χ1n) is 10.6. The Labute approximate surface area is 187 Å². The zero-order valence-corrected chi connectivity index (χ0v) is 18.4. The Bertz CT molecular complexity index is 1070. The van der Waals surface area contributed by atoms with Crippen molar-refractivity contribution in [3.05, 3.63) is 95.6 Å². The number of hydrogen-bond acceptors (Lipinski definition) is 3. The van der Waals surface area contributed by atoms with Crippen molar-refractivity contribution in [1.29, 1.82) is 0 Å². The summed E-state index contributed by atoms with van der Waals surface area (Å²) in [5.41, 5.74) is 3.71. The van der Waals surface area contributed by atoms with Gasteiger partial charge in [0.05, 0.1) is 5.69 Å². The molecule has 0 aromatic heterocycles. The van der Waals surface area contributed by atoms with Gasteiger partial charge in [0, 0.05) is 29.5 Å². The van der Waals surface area contributed by atoms with Crippen molar-refractivity contribution in [2.75, 3.05) is 11.1 Å². The average Bonchev–Trinajstić information content (AvgIpc) is 3.12. The first kappa shape index (κ1) is 21.2. The van der Waals surface area contributed by atoms with Crippen molar-refractivity contribution in [2.45, 2.75) is 37.2 Å². The largest absolute Gasteiger partial charge is 0.330 e. The summed E-state index contributed by atoms with van der Waals surface area (Å²) in [5, 5.41) is 3.07. The predicted octanol–water partition coefficient (Wildman–Crippen LogP) is 5.39. The molecule has 158 valence electrons. The van der Waals surface area contributed by atoms with E-state index in [4.69, 9.17) is 0 Å². The van der Waals surface area contributed by atoms with Crippen molar-refractivity contribution < 1.29 is 9.59 Å². The van der Waals surface area contributed by atoms with Crippen LogP contribution in [0.1, 0.15) is 34.8 Å². The summed E-state index contributed by atoms with van der Waals surface area (Å²) in [6.45, 7) is 2.64. The number of carbonyl (C=O) groups excluding carboxylic acids is 2. The van der Waals surface area contributed by atoms with E-state index >= 15 is 0 Å². The smallest absolute Gasteiger partial charge is 0.254 e. The zero-order valence-electron chi connectivity index (χ0n) is 17.6. The van der Waals surface area contributed by atoms with Crippen molar-refractivity contribution in [2.24, 2.45) is 0 Å². The van der Waals surface area contributed by atoms with E-state index < -0.39 is 0 Å². The Morgan fingerprint density at radius 2 is 1.71 bits per heavy atom. The molecule has 1 N–H and O–H groups in total. The van der Waals surface area contributed by atoms with Gasteiger partial charge in [0.2, 0.25) is 5.91 Å². The first-order valence-corrected chi connectivity index (χ1v) is 11.6. The van der Waals surface area contributed by atoms with Crippen LogP contribution in [0, 0.1) is 0 Å². The van der Waals surface area contributed by atoms with Crippen LogP contribution in [-0.4, -0.2) is 28.5 Å². The van der Waals surface area contributed by atoms with E-state index in [1.54, 1.807) is 11.8 Å². The highest BCUT2D eigenvalue weighted by molar-refractivity contribution is 7.99. The molecule has 4 nitrogen and oxygen atoms in total. The molecule has 3 aromatic carbocycles. The third-order valence-electron chi connectivity index (χ3n) is 5.49. The topological polar surface area (TPSA) is 49.4 Å². The number of hydrogen-bond donors (Lipinski definition) is 1. The Hall–Kier alpha value is -3.05. The third-order valence-corrected chi connectivity index (χ3v) is 6.44. The number of rotatable bonds is 8. The average molecular weight is 431 g/mol. The quantitative estimate of drug-likeness (QED) is 0.487. The number of fused-ring (bicyclic) bond motifs is 1. The van der Waals surface area contributed by atoms with Gasteiger partial charge in [-0.1, -0.05) is 67.6 Å². The van der Waals surface area contributed by atoms with Crippen LogP contribution in [0.4, 0.5) is 5.69 Å². The summed E-state index contributed by atoms with van der Waals surface area (Å²) in [6, 6.07) is 25.4. The molecule has 0 radical (unpaired) electrons. The van der Waals surface area contributed by atoms with E-state index in [1.807, 2.05) is 83.8 Å². The molecule has 2 amide bonds. The van der Waals surface area contributed by atoms with Crippen LogP contribution in [0.2, 0.25) is 0 Å². The normalized spacial score (nSPS) is 13.7. The van der Waals surface area contributed by atoms with Crippen molar-refractivity contribution >= 4 is 29.3 Å². The van der Waals surface area contributed by atoms with Crippen molar-refractivity contribution in [1.82, 2.24) is 4.90 Å². The summed E-state index contributed by atoms with van der Waals surface area (Å²) in [7, 11) is 0. The second kappa shape index (κ2) is 9.84. The molecule has 0 fully saturated rings. The first-order chi connectivity index (χ1) is 15.2. The number of para-hydroxylation sites is 1. The van der Waals surface area contributed by atoms with Gasteiger partial charge in [-0.25, -0.2) is 0 Å². The SMILES string of the molecule is CCSc1ccccc1NC(=O)C[C@@H](Cc1ccccc1)N1Cc2ccccc2C1=O. The minimum Gasteiger partial charge on any atom is -0.330 e. The second-order valence-corrected chi connectivity index (χ2v) is 8.92. The summed E-state index contributed by atoms with van der Waals surface area (Å²) in [6.07, 6.45) is 0.888. The molecule has 3 aromatic rings. The number of amides is 2. The molecule has 31 heavy (non-hydrogen) atoms. The van der Waals surface area contributed by atoms with Gasteiger partial charge >= 0.3 is 0 Å². The van der Waals surface area contributed by atoms with E-state index in [0.29, 0.717) is 13.0 Å². The lowest BCUT2D eigenvalue weighted by Gasteiger charge is -2.28. The molecule has 1 atom stereocenters. The van der Waals surface area contributed by atoms with Gasteiger partial charge in [-0.3, -0.25) is 9.59 Å². The van der Waals surface area contributed by atoms with Crippen LogP contribution in [0.5, 0.6) is 0 Å². The minimum absolute atomic E-state index is 0.00581. The molecule has 1 heterocycles. The predicted molar refractivity (Wildman–Crippen MR) is 126 cm³/mol. The van der Waals surface area contributed by atoms with E-state index in [-0.39, 0.29) is 24.3 Å². The number of thioether (sulfide) groups is 1. The van der Waals surface area contributed by atoms with Crippen molar-refractivity contribution in [3.63, 3.8) is 0 Å². The van der Waals surface area contributed by atoms with Gasteiger partial charge < -0.3 is 10.2 Å². The summed E-state index contributed by atoms with van der Waals surface area (Å²) in [5.74, 6) is 0.865. The highest BCUT2D eigenvalue weighted by Gasteiger charge is 2.33. The van der Waals surface area contributed by atoms with Crippen LogP contribution in [-0.2, 0) is 17.8 Å². The lowest BCUT2D eigenvalue weighted by atomic mass is 10.0. The van der Waals surface area contributed by atoms with Gasteiger partial charge in [0.15, 0.2) is 0 Å². The van der Waals surface area contributed by atoms with Gasteiger partial charge in [0.1, 0.15) is 0 Å². The zero-order chi connectivity index (χ0) is 21.6. The number of nitrogens with one attached hydrogen (secondary N) is 1. The van der Waals surface area contributed by atoms with E-state index in [9.17, 15) is 9.59 Å².